The molecule has 1 fully saturated rings. The summed E-state index contributed by atoms with van der Waals surface area (Å²) in [5, 5.41) is 2.37. The van der Waals surface area contributed by atoms with E-state index in [9.17, 15) is 22.8 Å². The van der Waals surface area contributed by atoms with E-state index in [1.54, 1.807) is 12.1 Å². The molecule has 11 heteroatoms. The highest BCUT2D eigenvalue weighted by Gasteiger charge is 2.25. The van der Waals surface area contributed by atoms with Crippen LogP contribution in [0, 0.1) is 17.5 Å². The molecular formula is C25H24ClF3N4O2S. The second-order valence-corrected chi connectivity index (χ2v) is 8.78. The van der Waals surface area contributed by atoms with Gasteiger partial charge in [0.1, 0.15) is 5.82 Å². The van der Waals surface area contributed by atoms with E-state index in [0.717, 1.165) is 18.9 Å². The van der Waals surface area contributed by atoms with Crippen LogP contribution < -0.4 is 20.7 Å². The maximum atomic E-state index is 14.7. The maximum absolute atomic E-state index is 14.7. The predicted molar refractivity (Wildman–Crippen MR) is 140 cm³/mol. The number of hydrogen-bond acceptors (Lipinski definition) is 4. The Hall–Kier alpha value is -3.37. The first-order valence-electron chi connectivity index (χ1n) is 10.9. The molecule has 0 bridgehead atoms. The molecule has 0 spiro atoms. The summed E-state index contributed by atoms with van der Waals surface area (Å²) < 4.78 is 45.3. The number of nitrogens with one attached hydrogen (secondary N) is 2. The van der Waals surface area contributed by atoms with Gasteiger partial charge < -0.3 is 20.7 Å². The van der Waals surface area contributed by atoms with Gasteiger partial charge in [-0.25, -0.2) is 18.0 Å². The Balaban J connectivity index is 0.000000253. The van der Waals surface area contributed by atoms with Crippen molar-refractivity contribution in [2.24, 2.45) is 5.73 Å². The largest absolute Gasteiger partial charge is 0.351 e. The Morgan fingerprint density at radius 1 is 1.00 bits per heavy atom. The van der Waals surface area contributed by atoms with Gasteiger partial charge in [0.25, 0.3) is 0 Å². The Kier molecular flexibility index (Phi) is 9.49. The molecule has 0 saturated carbocycles. The lowest BCUT2D eigenvalue weighted by Crippen LogP contribution is -2.36. The normalized spacial score (nSPS) is 13.0. The van der Waals surface area contributed by atoms with Gasteiger partial charge in [-0.15, -0.1) is 0 Å². The monoisotopic (exact) mass is 536 g/mol. The predicted octanol–water partition coefficient (Wildman–Crippen LogP) is 6.81. The van der Waals surface area contributed by atoms with Crippen molar-refractivity contribution in [3.05, 3.63) is 77.1 Å². The van der Waals surface area contributed by atoms with Gasteiger partial charge in [-0.1, -0.05) is 41.7 Å². The number of rotatable bonds is 5. The zero-order valence-corrected chi connectivity index (χ0v) is 20.9. The number of nitrogens with zero attached hydrogens (tertiary/aromatic N) is 1. The number of primary amides is 1. The van der Waals surface area contributed by atoms with Crippen molar-refractivity contribution in [3.8, 4) is 11.1 Å². The average molecular weight is 537 g/mol. The van der Waals surface area contributed by atoms with Gasteiger partial charge in [0.15, 0.2) is 11.6 Å². The Labute approximate surface area is 216 Å². The summed E-state index contributed by atoms with van der Waals surface area (Å²) in [7, 11) is 0. The third-order valence-electron chi connectivity index (χ3n) is 5.29. The first kappa shape index (κ1) is 27.2. The lowest BCUT2D eigenvalue weighted by molar-refractivity contribution is -0.119. The van der Waals surface area contributed by atoms with Crippen LogP contribution >= 0.6 is 23.5 Å². The van der Waals surface area contributed by atoms with Crippen LogP contribution in [0.25, 0.3) is 11.1 Å². The Morgan fingerprint density at radius 3 is 2.42 bits per heavy atom. The molecule has 0 unspecified atom stereocenters. The van der Waals surface area contributed by atoms with Crippen molar-refractivity contribution < 1.29 is 22.8 Å². The summed E-state index contributed by atoms with van der Waals surface area (Å²) in [6, 6.07) is 13.3. The smallest absolute Gasteiger partial charge is 0.316 e. The molecule has 6 nitrogen and oxygen atoms in total. The van der Waals surface area contributed by atoms with Crippen molar-refractivity contribution in [2.75, 3.05) is 27.7 Å². The van der Waals surface area contributed by atoms with Crippen molar-refractivity contribution in [1.82, 2.24) is 0 Å². The third kappa shape index (κ3) is 6.64. The van der Waals surface area contributed by atoms with Crippen LogP contribution in [0.15, 0.2) is 54.6 Å². The number of benzene rings is 3. The highest BCUT2D eigenvalue weighted by atomic mass is 35.5. The summed E-state index contributed by atoms with van der Waals surface area (Å²) in [6.07, 6.45) is 3.84. The molecule has 0 atom stereocenters. The van der Waals surface area contributed by atoms with Crippen LogP contribution in [0.4, 0.5) is 35.0 Å². The van der Waals surface area contributed by atoms with E-state index in [4.69, 9.17) is 17.3 Å². The van der Waals surface area contributed by atoms with E-state index in [1.165, 1.54) is 41.1 Å². The van der Waals surface area contributed by atoms with E-state index in [-0.39, 0.29) is 27.9 Å². The molecule has 0 radical (unpaired) electrons. The number of para-hydroxylation sites is 1. The van der Waals surface area contributed by atoms with Crippen LogP contribution in [0.3, 0.4) is 0 Å². The fourth-order valence-corrected chi connectivity index (χ4v) is 4.21. The van der Waals surface area contributed by atoms with Gasteiger partial charge in [-0.3, -0.25) is 4.79 Å². The van der Waals surface area contributed by atoms with Gasteiger partial charge in [0.05, 0.1) is 17.1 Å². The molecule has 1 saturated heterocycles. The number of urea groups is 1. The van der Waals surface area contributed by atoms with Crippen LogP contribution in [0.2, 0.25) is 5.02 Å². The lowest BCUT2D eigenvalue weighted by Gasteiger charge is -2.27. The molecule has 3 aromatic carbocycles. The lowest BCUT2D eigenvalue weighted by atomic mass is 10.0. The van der Waals surface area contributed by atoms with Gasteiger partial charge in [0.2, 0.25) is 5.91 Å². The minimum atomic E-state index is -0.971. The molecular weight excluding hydrogens is 513 g/mol. The molecule has 3 aromatic rings. The van der Waals surface area contributed by atoms with E-state index in [0.29, 0.717) is 24.2 Å². The molecule has 1 aliphatic rings. The second-order valence-electron chi connectivity index (χ2n) is 7.73. The number of carbonyl (C=O) groups excluding carboxylic acids is 2. The number of hydrogen-bond donors (Lipinski definition) is 3. The van der Waals surface area contributed by atoms with Gasteiger partial charge >= 0.3 is 6.03 Å². The average Bonchev–Trinajstić information content (AvgIpc) is 2.84. The topological polar surface area (TPSA) is 87.5 Å². The SMILES string of the molecule is CSNc1ccccc1-c1ccc(N2CCCCC2=O)c(F)c1F.NC(=O)Nc1ccc(Cl)cc1F. The highest BCUT2D eigenvalue weighted by molar-refractivity contribution is 7.99. The molecule has 0 aliphatic carbocycles. The molecule has 1 aliphatic heterocycles. The summed E-state index contributed by atoms with van der Waals surface area (Å²) >= 11 is 6.85. The van der Waals surface area contributed by atoms with E-state index in [2.05, 4.69) is 10.0 Å². The third-order valence-corrected chi connectivity index (χ3v) is 5.95. The number of anilines is 3. The minimum Gasteiger partial charge on any atom is -0.351 e. The van der Waals surface area contributed by atoms with Gasteiger partial charge in [0, 0.05) is 35.4 Å². The van der Waals surface area contributed by atoms with Crippen LogP contribution in [-0.4, -0.2) is 24.7 Å². The molecule has 36 heavy (non-hydrogen) atoms. The standard InChI is InChI=1S/C18H18F2N2OS.C7H6ClFN2O/c1-24-21-14-7-3-2-6-12(14)13-9-10-15(18(20)17(13)19)22-11-5-4-8-16(22)23;8-4-1-2-6(5(9)3-4)11-7(10)12/h2-3,6-7,9-10,21H,4-5,8,11H2,1H3;1-3H,(H3,10,11,12). The fraction of sp³-hybridized carbons (Fsp3) is 0.200. The first-order chi connectivity index (χ1) is 17.2. The Morgan fingerprint density at radius 2 is 1.75 bits per heavy atom. The molecule has 4 rings (SSSR count). The van der Waals surface area contributed by atoms with E-state index < -0.39 is 23.5 Å². The van der Waals surface area contributed by atoms with Gasteiger partial charge in [-0.2, -0.15) is 0 Å². The van der Waals surface area contributed by atoms with Crippen LogP contribution in [0.1, 0.15) is 19.3 Å². The van der Waals surface area contributed by atoms with Gasteiger partial charge in [-0.05, 0) is 49.2 Å². The number of piperidine rings is 1. The van der Waals surface area contributed by atoms with Crippen LogP contribution in [0.5, 0.6) is 0 Å². The molecule has 4 N–H and O–H groups in total. The fourth-order valence-electron chi connectivity index (χ4n) is 3.66. The maximum Gasteiger partial charge on any atom is 0.316 e. The number of carbonyl (C=O) groups is 2. The molecule has 1 heterocycles. The van der Waals surface area contributed by atoms with Crippen LogP contribution in [-0.2, 0) is 4.79 Å². The first-order valence-corrected chi connectivity index (χ1v) is 12.5. The molecule has 0 aromatic heterocycles. The van der Waals surface area contributed by atoms with E-state index in [1.807, 2.05) is 18.4 Å². The van der Waals surface area contributed by atoms with Crippen molar-refractivity contribution in [3.63, 3.8) is 0 Å². The van der Waals surface area contributed by atoms with Crippen molar-refractivity contribution in [2.45, 2.75) is 19.3 Å². The zero-order valence-electron chi connectivity index (χ0n) is 19.3. The van der Waals surface area contributed by atoms with Crippen molar-refractivity contribution in [1.29, 1.82) is 0 Å². The van der Waals surface area contributed by atoms with Crippen molar-refractivity contribution >= 4 is 52.5 Å². The summed E-state index contributed by atoms with van der Waals surface area (Å²) in [4.78, 5) is 23.6. The number of amides is 3. The second kappa shape index (κ2) is 12.5. The highest BCUT2D eigenvalue weighted by Crippen LogP contribution is 2.35. The van der Waals surface area contributed by atoms with E-state index >= 15 is 0 Å². The Bertz CT molecular complexity index is 1260. The zero-order chi connectivity index (χ0) is 26.2. The molecule has 190 valence electrons. The minimum absolute atomic E-state index is 0.0203. The quantitative estimate of drug-likeness (QED) is 0.313. The summed E-state index contributed by atoms with van der Waals surface area (Å²) in [5.41, 5.74) is 6.30. The number of halogens is 4. The number of nitrogens with two attached hydrogens (primary N) is 1. The summed E-state index contributed by atoms with van der Waals surface area (Å²) in [5.74, 6) is -2.67. The molecule has 3 amide bonds. The summed E-state index contributed by atoms with van der Waals surface area (Å²) in [6.45, 7) is 0.430.